The molecule has 9 heteroatoms. The van der Waals surface area contributed by atoms with Crippen LogP contribution in [0, 0.1) is 0 Å². The summed E-state index contributed by atoms with van der Waals surface area (Å²) in [6.45, 7) is 2.24. The third-order valence-corrected chi connectivity index (χ3v) is 6.32. The lowest BCUT2D eigenvalue weighted by Gasteiger charge is -2.14. The van der Waals surface area contributed by atoms with E-state index in [1.807, 2.05) is 24.4 Å². The lowest BCUT2D eigenvalue weighted by Crippen LogP contribution is -2.36. The molecule has 1 saturated heterocycles. The minimum absolute atomic E-state index is 0.173. The van der Waals surface area contributed by atoms with Crippen molar-refractivity contribution in [2.45, 2.75) is 19.8 Å². The average molecular weight is 461 g/mol. The van der Waals surface area contributed by atoms with E-state index >= 15 is 0 Å². The Hall–Kier alpha value is -2.49. The van der Waals surface area contributed by atoms with Gasteiger partial charge in [-0.1, -0.05) is 43.4 Å². The van der Waals surface area contributed by atoms with Gasteiger partial charge in [0, 0.05) is 10.6 Å². The summed E-state index contributed by atoms with van der Waals surface area (Å²) in [5.74, 6) is -1.04. The monoisotopic (exact) mass is 460 g/mol. The molecule has 1 aromatic heterocycles. The number of esters is 1. The van der Waals surface area contributed by atoms with Crippen molar-refractivity contribution in [2.75, 3.05) is 18.5 Å². The number of hydrogen-bond acceptors (Lipinski definition) is 7. The number of rotatable bonds is 8. The molecule has 30 heavy (non-hydrogen) atoms. The number of thiophene rings is 1. The zero-order valence-corrected chi connectivity index (χ0v) is 18.7. The van der Waals surface area contributed by atoms with Gasteiger partial charge in [-0.3, -0.25) is 14.5 Å². The lowest BCUT2D eigenvalue weighted by atomic mass is 10.2. The van der Waals surface area contributed by atoms with Crippen LogP contribution in [0.4, 0.5) is 5.69 Å². The van der Waals surface area contributed by atoms with Crippen LogP contribution in [0.3, 0.4) is 0 Å². The van der Waals surface area contributed by atoms with Crippen molar-refractivity contribution in [3.05, 3.63) is 57.1 Å². The number of ether oxygens (including phenoxy) is 1. The van der Waals surface area contributed by atoms with Gasteiger partial charge < -0.3 is 10.1 Å². The molecule has 1 N–H and O–H groups in total. The number of hydrogen-bond donors (Lipinski definition) is 1. The number of thioether (sulfide) groups is 1. The van der Waals surface area contributed by atoms with Crippen LogP contribution in [0.2, 0.25) is 0 Å². The highest BCUT2D eigenvalue weighted by atomic mass is 32.2. The Kier molecular flexibility index (Phi) is 7.78. The third-order valence-electron chi connectivity index (χ3n) is 4.13. The minimum Gasteiger partial charge on any atom is -0.462 e. The molecule has 3 rings (SSSR count). The fourth-order valence-electron chi connectivity index (χ4n) is 2.57. The number of thiocarbonyl (C=S) groups is 1. The second-order valence-electron chi connectivity index (χ2n) is 6.40. The first-order chi connectivity index (χ1) is 14.5. The van der Waals surface area contributed by atoms with Gasteiger partial charge in [-0.15, -0.1) is 11.3 Å². The van der Waals surface area contributed by atoms with Crippen LogP contribution in [0.1, 0.15) is 35.0 Å². The van der Waals surface area contributed by atoms with Crippen molar-refractivity contribution >= 4 is 69.2 Å². The second-order valence-corrected chi connectivity index (χ2v) is 9.05. The minimum atomic E-state index is -0.392. The molecule has 2 amide bonds. The van der Waals surface area contributed by atoms with Gasteiger partial charge in [0.1, 0.15) is 10.9 Å². The van der Waals surface area contributed by atoms with E-state index in [2.05, 4.69) is 5.32 Å². The van der Waals surface area contributed by atoms with Gasteiger partial charge in [-0.2, -0.15) is 0 Å². The summed E-state index contributed by atoms with van der Waals surface area (Å²) in [6.07, 6.45) is 3.55. The highest BCUT2D eigenvalue weighted by molar-refractivity contribution is 8.26. The van der Waals surface area contributed by atoms with E-state index in [1.54, 1.807) is 30.3 Å². The van der Waals surface area contributed by atoms with Gasteiger partial charge in [-0.25, -0.2) is 4.79 Å². The predicted molar refractivity (Wildman–Crippen MR) is 124 cm³/mol. The molecule has 0 saturated carbocycles. The molecule has 1 aliphatic rings. The van der Waals surface area contributed by atoms with E-state index in [0.29, 0.717) is 27.1 Å². The summed E-state index contributed by atoms with van der Waals surface area (Å²) in [6, 6.07) is 10.2. The predicted octanol–water partition coefficient (Wildman–Crippen LogP) is 4.54. The molecular formula is C21H20N2O4S3. The lowest BCUT2D eigenvalue weighted by molar-refractivity contribution is -0.126. The molecule has 1 fully saturated rings. The van der Waals surface area contributed by atoms with Crippen molar-refractivity contribution in [3.63, 3.8) is 0 Å². The smallest absolute Gasteiger partial charge is 0.338 e. The first-order valence-corrected chi connectivity index (χ1v) is 11.4. The Labute approximate surface area is 188 Å². The van der Waals surface area contributed by atoms with Crippen LogP contribution in [0.15, 0.2) is 46.7 Å². The molecule has 0 unspecified atom stereocenters. The molecule has 0 bridgehead atoms. The Morgan fingerprint density at radius 2 is 2.00 bits per heavy atom. The Balaban J connectivity index is 1.56. The maximum atomic E-state index is 12.6. The molecule has 0 radical (unpaired) electrons. The Morgan fingerprint density at radius 3 is 2.67 bits per heavy atom. The first kappa shape index (κ1) is 22.2. The van der Waals surface area contributed by atoms with Crippen LogP contribution in [-0.2, 0) is 14.3 Å². The highest BCUT2D eigenvalue weighted by Gasteiger charge is 2.33. The third kappa shape index (κ3) is 5.78. The Morgan fingerprint density at radius 1 is 1.23 bits per heavy atom. The van der Waals surface area contributed by atoms with Gasteiger partial charge in [0.2, 0.25) is 5.91 Å². The van der Waals surface area contributed by atoms with Crippen LogP contribution in [0.5, 0.6) is 0 Å². The summed E-state index contributed by atoms with van der Waals surface area (Å²) < 4.78 is 5.51. The number of nitrogens with zero attached hydrogens (tertiary/aromatic N) is 1. The van der Waals surface area contributed by atoms with E-state index in [-0.39, 0.29) is 18.4 Å². The number of anilines is 1. The van der Waals surface area contributed by atoms with E-state index in [0.717, 1.165) is 17.7 Å². The topological polar surface area (TPSA) is 75.7 Å². The summed E-state index contributed by atoms with van der Waals surface area (Å²) >= 11 is 7.97. The summed E-state index contributed by atoms with van der Waals surface area (Å²) in [5, 5.41) is 4.64. The molecule has 0 aliphatic carbocycles. The molecular weight excluding hydrogens is 440 g/mol. The highest BCUT2D eigenvalue weighted by Crippen LogP contribution is 2.33. The standard InChI is InChI=1S/C21H20N2O4S3/c1-2-3-10-27-20(26)14-6-8-15(9-7-14)22-18(24)13-23-19(25)17(30-21(23)28)12-16-5-4-11-29-16/h4-9,11-12H,2-3,10,13H2,1H3,(H,22,24)/b17-12+. The van der Waals surface area contributed by atoms with E-state index in [4.69, 9.17) is 17.0 Å². The molecule has 2 aromatic rings. The largest absolute Gasteiger partial charge is 0.462 e. The zero-order chi connectivity index (χ0) is 21.5. The van der Waals surface area contributed by atoms with Crippen molar-refractivity contribution in [2.24, 2.45) is 0 Å². The number of carbonyl (C=O) groups excluding carboxylic acids is 3. The molecule has 1 aliphatic heterocycles. The number of nitrogens with one attached hydrogen (secondary N) is 1. The van der Waals surface area contributed by atoms with Crippen LogP contribution in [-0.4, -0.2) is 40.2 Å². The molecule has 6 nitrogen and oxygen atoms in total. The fraction of sp³-hybridized carbons (Fsp3) is 0.238. The average Bonchev–Trinajstić information content (AvgIpc) is 3.33. The maximum absolute atomic E-state index is 12.6. The van der Waals surface area contributed by atoms with Crippen molar-refractivity contribution in [1.82, 2.24) is 4.90 Å². The summed E-state index contributed by atoms with van der Waals surface area (Å²) in [5.41, 5.74) is 0.935. The number of unbranched alkanes of at least 4 members (excludes halogenated alkanes) is 1. The fourth-order valence-corrected chi connectivity index (χ4v) is 4.54. The number of amides is 2. The number of benzene rings is 1. The molecule has 0 spiro atoms. The molecule has 2 heterocycles. The van der Waals surface area contributed by atoms with Gasteiger partial charge in [-0.05, 0) is 48.2 Å². The summed E-state index contributed by atoms with van der Waals surface area (Å²) in [4.78, 5) is 39.6. The normalized spacial score (nSPS) is 15.0. The van der Waals surface area contributed by atoms with Crippen molar-refractivity contribution in [1.29, 1.82) is 0 Å². The SMILES string of the molecule is CCCCOC(=O)c1ccc(NC(=O)CN2C(=O)/C(=C\c3cccs3)SC2=S)cc1. The van der Waals surface area contributed by atoms with Crippen molar-refractivity contribution < 1.29 is 19.1 Å². The van der Waals surface area contributed by atoms with Gasteiger partial charge in [0.25, 0.3) is 5.91 Å². The van der Waals surface area contributed by atoms with Crippen LogP contribution in [0.25, 0.3) is 6.08 Å². The van der Waals surface area contributed by atoms with Gasteiger partial charge in [0.15, 0.2) is 0 Å². The van der Waals surface area contributed by atoms with E-state index < -0.39 is 5.97 Å². The molecule has 1 aromatic carbocycles. The van der Waals surface area contributed by atoms with Crippen LogP contribution < -0.4 is 5.32 Å². The van der Waals surface area contributed by atoms with E-state index in [9.17, 15) is 14.4 Å². The summed E-state index contributed by atoms with van der Waals surface area (Å²) in [7, 11) is 0. The second kappa shape index (κ2) is 10.5. The zero-order valence-electron chi connectivity index (χ0n) is 16.3. The molecule has 156 valence electrons. The van der Waals surface area contributed by atoms with Crippen LogP contribution >= 0.6 is 35.3 Å². The maximum Gasteiger partial charge on any atom is 0.338 e. The van der Waals surface area contributed by atoms with Crippen molar-refractivity contribution in [3.8, 4) is 0 Å². The number of carbonyl (C=O) groups is 3. The van der Waals surface area contributed by atoms with E-state index in [1.165, 1.54) is 28.0 Å². The van der Waals surface area contributed by atoms with Gasteiger partial charge in [0.05, 0.1) is 17.1 Å². The van der Waals surface area contributed by atoms with Gasteiger partial charge >= 0.3 is 5.97 Å². The molecule has 0 atom stereocenters. The first-order valence-electron chi connectivity index (χ1n) is 9.34. The Bertz CT molecular complexity index is 969. The quantitative estimate of drug-likeness (QED) is 0.270.